The maximum Gasteiger partial charge on any atom is 0.337 e. The van der Waals surface area contributed by atoms with Crippen LogP contribution in [0.1, 0.15) is 40.6 Å². The number of nitrogens with zero attached hydrogens (tertiary/aromatic N) is 4. The van der Waals surface area contributed by atoms with Crippen LogP contribution in [-0.2, 0) is 6.54 Å². The van der Waals surface area contributed by atoms with Crippen LogP contribution in [0.5, 0.6) is 0 Å². The smallest absolute Gasteiger partial charge is 0.337 e. The zero-order chi connectivity index (χ0) is 17.2. The second-order valence-corrected chi connectivity index (χ2v) is 6.24. The maximum absolute atomic E-state index is 11.4. The van der Waals surface area contributed by atoms with Crippen molar-refractivity contribution in [2.45, 2.75) is 25.4 Å². The Balaban J connectivity index is 1.55. The molecule has 25 heavy (non-hydrogen) atoms. The van der Waals surface area contributed by atoms with Gasteiger partial charge in [-0.15, -0.1) is 0 Å². The van der Waals surface area contributed by atoms with Crippen molar-refractivity contribution in [3.8, 4) is 5.69 Å². The second kappa shape index (κ2) is 6.52. The van der Waals surface area contributed by atoms with Crippen LogP contribution in [0.3, 0.4) is 0 Å². The number of carbonyl (C=O) groups is 1. The molecule has 0 spiro atoms. The first-order valence-corrected chi connectivity index (χ1v) is 8.31. The van der Waals surface area contributed by atoms with Crippen molar-refractivity contribution in [1.29, 1.82) is 0 Å². The quantitative estimate of drug-likeness (QED) is 0.747. The summed E-state index contributed by atoms with van der Waals surface area (Å²) in [4.78, 5) is 18.3. The molecule has 0 aliphatic carbocycles. The lowest BCUT2D eigenvalue weighted by Gasteiger charge is -2.22. The molecule has 1 unspecified atom stereocenters. The monoisotopic (exact) mass is 337 g/mol. The minimum absolute atomic E-state index is 0.267. The van der Waals surface area contributed by atoms with Crippen molar-refractivity contribution in [2.24, 2.45) is 0 Å². The lowest BCUT2D eigenvalue weighted by molar-refractivity contribution is 0.0697. The van der Waals surface area contributed by atoms with Gasteiger partial charge in [0.1, 0.15) is 0 Å². The van der Waals surface area contributed by atoms with E-state index in [0.29, 0.717) is 11.7 Å². The summed E-state index contributed by atoms with van der Waals surface area (Å²) >= 11 is 0. The molecule has 1 aliphatic rings. The van der Waals surface area contributed by atoms with Crippen molar-refractivity contribution in [1.82, 2.24) is 24.6 Å². The first-order valence-electron chi connectivity index (χ1n) is 8.31. The highest BCUT2D eigenvalue weighted by Crippen LogP contribution is 2.31. The van der Waals surface area contributed by atoms with Gasteiger partial charge < -0.3 is 9.67 Å². The molecule has 0 bridgehead atoms. The van der Waals surface area contributed by atoms with E-state index >= 15 is 0 Å². The van der Waals surface area contributed by atoms with Gasteiger partial charge in [-0.3, -0.25) is 10.00 Å². The van der Waals surface area contributed by atoms with Gasteiger partial charge in [0, 0.05) is 18.9 Å². The number of H-pyrrole nitrogens is 1. The lowest BCUT2D eigenvalue weighted by atomic mass is 10.1. The summed E-state index contributed by atoms with van der Waals surface area (Å²) in [6.45, 7) is 1.74. The number of aromatic carboxylic acids is 1. The van der Waals surface area contributed by atoms with E-state index in [0.717, 1.165) is 37.3 Å². The summed E-state index contributed by atoms with van der Waals surface area (Å²) in [6, 6.07) is 9.30. The third-order valence-corrected chi connectivity index (χ3v) is 4.66. The van der Waals surface area contributed by atoms with E-state index < -0.39 is 5.97 Å². The third-order valence-electron chi connectivity index (χ3n) is 4.66. The van der Waals surface area contributed by atoms with Gasteiger partial charge in [0.2, 0.25) is 0 Å². The predicted molar refractivity (Wildman–Crippen MR) is 91.5 cm³/mol. The Morgan fingerprint density at radius 2 is 2.20 bits per heavy atom. The number of hydrogen-bond donors (Lipinski definition) is 2. The molecule has 1 aliphatic heterocycles. The first-order chi connectivity index (χ1) is 12.2. The molecule has 1 fully saturated rings. The van der Waals surface area contributed by atoms with Crippen LogP contribution < -0.4 is 0 Å². The molecular formula is C18H19N5O2. The number of aromatic amines is 1. The molecule has 2 aromatic heterocycles. The zero-order valence-electron chi connectivity index (χ0n) is 13.7. The van der Waals surface area contributed by atoms with Crippen LogP contribution in [0.15, 0.2) is 49.1 Å². The number of carboxylic acid groups (broad SMARTS) is 1. The summed E-state index contributed by atoms with van der Waals surface area (Å²) in [5, 5.41) is 16.5. The van der Waals surface area contributed by atoms with Gasteiger partial charge >= 0.3 is 5.97 Å². The minimum Gasteiger partial charge on any atom is -0.478 e. The van der Waals surface area contributed by atoms with Crippen molar-refractivity contribution < 1.29 is 9.90 Å². The molecular weight excluding hydrogens is 318 g/mol. The van der Waals surface area contributed by atoms with E-state index in [2.05, 4.69) is 20.1 Å². The van der Waals surface area contributed by atoms with Crippen molar-refractivity contribution in [3.05, 3.63) is 66.0 Å². The van der Waals surface area contributed by atoms with Gasteiger partial charge in [0.25, 0.3) is 0 Å². The van der Waals surface area contributed by atoms with Crippen molar-refractivity contribution in [2.75, 3.05) is 6.54 Å². The number of likely N-dealkylation sites (tertiary alicyclic amines) is 1. The lowest BCUT2D eigenvalue weighted by Crippen LogP contribution is -2.23. The third kappa shape index (κ3) is 3.06. The van der Waals surface area contributed by atoms with Gasteiger partial charge in [-0.05, 0) is 37.6 Å². The highest BCUT2D eigenvalue weighted by atomic mass is 16.4. The molecule has 3 heterocycles. The van der Waals surface area contributed by atoms with Gasteiger partial charge in [-0.25, -0.2) is 9.78 Å². The Bertz CT molecular complexity index is 871. The SMILES string of the molecule is O=C(O)c1ccccc1-n1cnc(CN2CCCC2c2ccn[nH]2)c1. The van der Waals surface area contributed by atoms with Crippen molar-refractivity contribution >= 4 is 5.97 Å². The molecule has 0 amide bonds. The molecule has 3 aromatic rings. The molecule has 7 nitrogen and oxygen atoms in total. The molecule has 1 saturated heterocycles. The number of nitrogens with one attached hydrogen (secondary N) is 1. The topological polar surface area (TPSA) is 87.0 Å². The number of para-hydroxylation sites is 1. The summed E-state index contributed by atoms with van der Waals surface area (Å²) in [6.07, 6.45) is 7.61. The van der Waals surface area contributed by atoms with Crippen molar-refractivity contribution in [3.63, 3.8) is 0 Å². The highest BCUT2D eigenvalue weighted by Gasteiger charge is 2.27. The van der Waals surface area contributed by atoms with Crippen LogP contribution in [-0.4, -0.2) is 42.3 Å². The van der Waals surface area contributed by atoms with Gasteiger partial charge in [0.05, 0.1) is 35.0 Å². The number of aromatic nitrogens is 4. The number of benzene rings is 1. The molecule has 4 rings (SSSR count). The molecule has 128 valence electrons. The van der Waals surface area contributed by atoms with Crippen LogP contribution >= 0.6 is 0 Å². The molecule has 7 heteroatoms. The largest absolute Gasteiger partial charge is 0.478 e. The predicted octanol–water partition coefficient (Wildman–Crippen LogP) is 2.63. The van der Waals surface area contributed by atoms with E-state index in [9.17, 15) is 9.90 Å². The minimum atomic E-state index is -0.940. The van der Waals surface area contributed by atoms with E-state index in [-0.39, 0.29) is 5.56 Å². The fourth-order valence-electron chi connectivity index (χ4n) is 3.48. The summed E-state index contributed by atoms with van der Waals surface area (Å²) in [5.41, 5.74) is 2.95. The molecule has 1 atom stereocenters. The van der Waals surface area contributed by atoms with Crippen LogP contribution in [0, 0.1) is 0 Å². The number of rotatable bonds is 5. The average molecular weight is 337 g/mol. The first kappa shape index (κ1) is 15.6. The van der Waals surface area contributed by atoms with E-state index in [1.54, 1.807) is 35.3 Å². The number of imidazole rings is 1. The molecule has 1 aromatic carbocycles. The van der Waals surface area contributed by atoms with Gasteiger partial charge in [-0.2, -0.15) is 5.10 Å². The summed E-state index contributed by atoms with van der Waals surface area (Å²) in [5.74, 6) is -0.940. The Kier molecular flexibility index (Phi) is 4.07. The van der Waals surface area contributed by atoms with E-state index in [1.807, 2.05) is 18.3 Å². The number of hydrogen-bond acceptors (Lipinski definition) is 4. The van der Waals surface area contributed by atoms with E-state index in [1.165, 1.54) is 0 Å². The molecule has 0 radical (unpaired) electrons. The van der Waals surface area contributed by atoms with Crippen LogP contribution in [0.4, 0.5) is 0 Å². The molecule has 2 N–H and O–H groups in total. The number of carboxylic acids is 1. The second-order valence-electron chi connectivity index (χ2n) is 6.24. The van der Waals surface area contributed by atoms with Crippen LogP contribution in [0.2, 0.25) is 0 Å². The van der Waals surface area contributed by atoms with E-state index in [4.69, 9.17) is 0 Å². The standard InChI is InChI=1S/C18H19N5O2/c24-18(25)14-4-1-2-5-16(14)23-11-13(19-12-23)10-22-9-3-6-17(22)15-7-8-20-21-15/h1-2,4-5,7-8,11-12,17H,3,6,9-10H2,(H,20,21)(H,24,25). The Morgan fingerprint density at radius 3 is 3.00 bits per heavy atom. The molecule has 0 saturated carbocycles. The van der Waals surface area contributed by atoms with Crippen LogP contribution in [0.25, 0.3) is 5.69 Å². The Morgan fingerprint density at radius 1 is 1.32 bits per heavy atom. The summed E-state index contributed by atoms with van der Waals surface area (Å²) < 4.78 is 1.78. The Hall–Kier alpha value is -2.93. The average Bonchev–Trinajstić information content (AvgIpc) is 3.36. The zero-order valence-corrected chi connectivity index (χ0v) is 13.7. The Labute approximate surface area is 144 Å². The fraction of sp³-hybridized carbons (Fsp3) is 0.278. The van der Waals surface area contributed by atoms with Gasteiger partial charge in [-0.1, -0.05) is 12.1 Å². The highest BCUT2D eigenvalue weighted by molar-refractivity contribution is 5.91. The fourth-order valence-corrected chi connectivity index (χ4v) is 3.48. The summed E-state index contributed by atoms with van der Waals surface area (Å²) in [7, 11) is 0. The normalized spacial score (nSPS) is 17.8. The van der Waals surface area contributed by atoms with Gasteiger partial charge in [0.15, 0.2) is 0 Å². The maximum atomic E-state index is 11.4.